The smallest absolute Gasteiger partial charge is 0.328 e. The summed E-state index contributed by atoms with van der Waals surface area (Å²) in [6, 6.07) is 19.0. The lowest BCUT2D eigenvalue weighted by atomic mass is 10.0. The summed E-state index contributed by atoms with van der Waals surface area (Å²) in [6.45, 7) is 0.124. The summed E-state index contributed by atoms with van der Waals surface area (Å²) in [5, 5.41) is 23.5. The second-order valence-electron chi connectivity index (χ2n) is 7.78. The van der Waals surface area contributed by atoms with Gasteiger partial charge >= 0.3 is 11.7 Å². The number of esters is 1. The first-order chi connectivity index (χ1) is 16.9. The van der Waals surface area contributed by atoms with Crippen molar-refractivity contribution in [2.45, 2.75) is 25.3 Å². The van der Waals surface area contributed by atoms with Crippen molar-refractivity contribution in [1.29, 1.82) is 0 Å². The van der Waals surface area contributed by atoms with Gasteiger partial charge in [-0.05, 0) is 42.2 Å². The van der Waals surface area contributed by atoms with E-state index >= 15 is 0 Å². The maximum Gasteiger partial charge on any atom is 0.328 e. The number of nitro groups is 1. The van der Waals surface area contributed by atoms with Gasteiger partial charge in [0.15, 0.2) is 5.75 Å². The molecule has 0 bridgehead atoms. The fourth-order valence-electron chi connectivity index (χ4n) is 3.45. The van der Waals surface area contributed by atoms with Crippen LogP contribution in [-0.2, 0) is 22.4 Å². The Kier molecular flexibility index (Phi) is 8.77. The number of nitro benzene ring substituents is 1. The third-order valence-electron chi connectivity index (χ3n) is 5.36. The van der Waals surface area contributed by atoms with Crippen LogP contribution in [0, 0.1) is 10.1 Å². The number of methoxy groups -OCH3 is 1. The van der Waals surface area contributed by atoms with E-state index in [0.717, 1.165) is 11.1 Å². The maximum absolute atomic E-state index is 12.9. The van der Waals surface area contributed by atoms with Gasteiger partial charge in [0.25, 0.3) is 5.91 Å². The van der Waals surface area contributed by atoms with Crippen molar-refractivity contribution in [2.24, 2.45) is 0 Å². The predicted octanol–water partition coefficient (Wildman–Crippen LogP) is 3.83. The van der Waals surface area contributed by atoms with E-state index in [4.69, 9.17) is 9.47 Å². The predicted molar refractivity (Wildman–Crippen MR) is 128 cm³/mol. The molecule has 0 aliphatic rings. The molecule has 182 valence electrons. The second-order valence-corrected chi connectivity index (χ2v) is 7.78. The van der Waals surface area contributed by atoms with Crippen molar-refractivity contribution >= 4 is 17.6 Å². The SMILES string of the molecule is COC(=O)[C@H](CCc1ccccc1)NC(=O)c1ccc([N+](=O)[O-])c(OCCc2ccc(O)cc2)c1. The van der Waals surface area contributed by atoms with Crippen LogP contribution in [0.3, 0.4) is 0 Å². The molecule has 9 heteroatoms. The summed E-state index contributed by atoms with van der Waals surface area (Å²) < 4.78 is 10.5. The number of amides is 1. The number of phenolic OH excluding ortho intramolecular Hbond substituents is 1. The number of aryl methyl sites for hydroxylation is 1. The minimum Gasteiger partial charge on any atom is -0.508 e. The Morgan fingerprint density at radius 2 is 1.69 bits per heavy atom. The first-order valence-electron chi connectivity index (χ1n) is 11.0. The van der Waals surface area contributed by atoms with Crippen molar-refractivity contribution in [3.8, 4) is 11.5 Å². The molecule has 3 rings (SSSR count). The van der Waals surface area contributed by atoms with Crippen molar-refractivity contribution in [3.05, 3.63) is 99.6 Å². The first kappa shape index (κ1) is 25.2. The summed E-state index contributed by atoms with van der Waals surface area (Å²) in [5.41, 5.74) is 1.72. The third kappa shape index (κ3) is 7.29. The number of carbonyl (C=O) groups excluding carboxylic acids is 2. The first-order valence-corrected chi connectivity index (χ1v) is 11.0. The van der Waals surface area contributed by atoms with E-state index in [1.807, 2.05) is 30.3 Å². The number of rotatable bonds is 11. The highest BCUT2D eigenvalue weighted by atomic mass is 16.6. The lowest BCUT2D eigenvalue weighted by Crippen LogP contribution is -2.41. The molecular formula is C26H26N2O7. The molecule has 0 aromatic heterocycles. The molecule has 0 saturated carbocycles. The third-order valence-corrected chi connectivity index (χ3v) is 5.36. The number of hydrogen-bond donors (Lipinski definition) is 2. The van der Waals surface area contributed by atoms with Crippen LogP contribution in [-0.4, -0.2) is 41.7 Å². The number of ether oxygens (including phenoxy) is 2. The number of hydrogen-bond acceptors (Lipinski definition) is 7. The summed E-state index contributed by atoms with van der Waals surface area (Å²) in [5.74, 6) is -1.08. The number of nitrogens with zero attached hydrogens (tertiary/aromatic N) is 1. The molecule has 0 saturated heterocycles. The van der Waals surface area contributed by atoms with E-state index in [1.54, 1.807) is 12.1 Å². The minimum absolute atomic E-state index is 0.0552. The highest BCUT2D eigenvalue weighted by molar-refractivity contribution is 5.97. The maximum atomic E-state index is 12.9. The van der Waals surface area contributed by atoms with E-state index in [-0.39, 0.29) is 29.4 Å². The zero-order chi connectivity index (χ0) is 25.2. The van der Waals surface area contributed by atoms with Crippen molar-refractivity contribution in [3.63, 3.8) is 0 Å². The topological polar surface area (TPSA) is 128 Å². The second kappa shape index (κ2) is 12.2. The molecule has 2 N–H and O–H groups in total. The Balaban J connectivity index is 1.70. The molecule has 35 heavy (non-hydrogen) atoms. The molecular weight excluding hydrogens is 452 g/mol. The summed E-state index contributed by atoms with van der Waals surface area (Å²) in [4.78, 5) is 36.0. The molecule has 0 fully saturated rings. The standard InChI is InChI=1S/C26H26N2O7/c1-34-26(31)22(13-9-18-5-3-2-4-6-18)27-25(30)20-10-14-23(28(32)33)24(17-20)35-16-15-19-7-11-21(29)12-8-19/h2-8,10-12,14,17,22,29H,9,13,15-16H2,1H3,(H,27,30)/t22-/m0/s1. The number of benzene rings is 3. The normalized spacial score (nSPS) is 11.3. The average molecular weight is 479 g/mol. The number of aromatic hydroxyl groups is 1. The monoisotopic (exact) mass is 478 g/mol. The van der Waals surface area contributed by atoms with Gasteiger partial charge in [0.05, 0.1) is 18.6 Å². The molecule has 0 aliphatic carbocycles. The Hall–Kier alpha value is -4.40. The fraction of sp³-hybridized carbons (Fsp3) is 0.231. The van der Waals surface area contributed by atoms with Crippen LogP contribution in [0.2, 0.25) is 0 Å². The highest BCUT2D eigenvalue weighted by Crippen LogP contribution is 2.28. The molecule has 0 spiro atoms. The van der Waals surface area contributed by atoms with Crippen LogP contribution in [0.1, 0.15) is 27.9 Å². The molecule has 3 aromatic rings. The van der Waals surface area contributed by atoms with E-state index < -0.39 is 22.8 Å². The van der Waals surface area contributed by atoms with E-state index in [9.17, 15) is 24.8 Å². The van der Waals surface area contributed by atoms with Crippen LogP contribution < -0.4 is 10.1 Å². The summed E-state index contributed by atoms with van der Waals surface area (Å²) in [6.07, 6.45) is 1.32. The Morgan fingerprint density at radius 3 is 2.34 bits per heavy atom. The lowest BCUT2D eigenvalue weighted by molar-refractivity contribution is -0.385. The number of phenols is 1. The van der Waals surface area contributed by atoms with Gasteiger partial charge in [0, 0.05) is 24.1 Å². The lowest BCUT2D eigenvalue weighted by Gasteiger charge is -2.17. The summed E-state index contributed by atoms with van der Waals surface area (Å²) in [7, 11) is 1.25. The Bertz CT molecular complexity index is 1160. The number of nitrogens with one attached hydrogen (secondary N) is 1. The van der Waals surface area contributed by atoms with Gasteiger partial charge in [-0.1, -0.05) is 42.5 Å². The van der Waals surface area contributed by atoms with Gasteiger partial charge in [-0.2, -0.15) is 0 Å². The van der Waals surface area contributed by atoms with Crippen LogP contribution in [0.4, 0.5) is 5.69 Å². The molecule has 1 amide bonds. The number of carbonyl (C=O) groups is 2. The Labute approximate surface area is 202 Å². The van der Waals surface area contributed by atoms with Crippen LogP contribution in [0.25, 0.3) is 0 Å². The minimum atomic E-state index is -0.887. The van der Waals surface area contributed by atoms with Gasteiger partial charge in [-0.25, -0.2) is 4.79 Å². The average Bonchev–Trinajstić information content (AvgIpc) is 2.87. The van der Waals surface area contributed by atoms with Crippen molar-refractivity contribution < 1.29 is 29.1 Å². The quantitative estimate of drug-likeness (QED) is 0.244. The molecule has 0 radical (unpaired) electrons. The van der Waals surface area contributed by atoms with Crippen molar-refractivity contribution in [2.75, 3.05) is 13.7 Å². The van der Waals surface area contributed by atoms with Gasteiger partial charge in [-0.15, -0.1) is 0 Å². The largest absolute Gasteiger partial charge is 0.508 e. The van der Waals surface area contributed by atoms with Gasteiger partial charge in [0.2, 0.25) is 0 Å². The molecule has 1 atom stereocenters. The zero-order valence-electron chi connectivity index (χ0n) is 19.2. The van der Waals surface area contributed by atoms with Gasteiger partial charge in [0.1, 0.15) is 11.8 Å². The van der Waals surface area contributed by atoms with Crippen LogP contribution >= 0.6 is 0 Å². The Morgan fingerprint density at radius 1 is 1.00 bits per heavy atom. The van der Waals surface area contributed by atoms with E-state index in [2.05, 4.69) is 5.32 Å². The molecule has 0 aliphatic heterocycles. The highest BCUT2D eigenvalue weighted by Gasteiger charge is 2.24. The summed E-state index contributed by atoms with van der Waals surface area (Å²) >= 11 is 0. The van der Waals surface area contributed by atoms with Crippen LogP contribution in [0.5, 0.6) is 11.5 Å². The zero-order valence-corrected chi connectivity index (χ0v) is 19.2. The van der Waals surface area contributed by atoms with E-state index in [1.165, 1.54) is 37.4 Å². The van der Waals surface area contributed by atoms with Gasteiger partial charge < -0.3 is 19.9 Å². The molecule has 0 unspecified atom stereocenters. The molecule has 3 aromatic carbocycles. The van der Waals surface area contributed by atoms with Crippen LogP contribution in [0.15, 0.2) is 72.8 Å². The van der Waals surface area contributed by atoms with Crippen molar-refractivity contribution in [1.82, 2.24) is 5.32 Å². The van der Waals surface area contributed by atoms with Gasteiger partial charge in [-0.3, -0.25) is 14.9 Å². The van der Waals surface area contributed by atoms with E-state index in [0.29, 0.717) is 19.3 Å². The molecule has 9 nitrogen and oxygen atoms in total. The molecule has 0 heterocycles. The fourth-order valence-corrected chi connectivity index (χ4v) is 3.45.